The third-order valence-corrected chi connectivity index (χ3v) is 6.03. The Kier molecular flexibility index (Phi) is 5.38. The second-order valence-electron chi connectivity index (χ2n) is 6.53. The van der Waals surface area contributed by atoms with Crippen LogP contribution in [-0.2, 0) is 9.53 Å². The van der Waals surface area contributed by atoms with Gasteiger partial charge in [0.25, 0.3) is 5.72 Å². The number of hydrogen-bond acceptors (Lipinski definition) is 5. The molecule has 1 fully saturated rings. The Morgan fingerprint density at radius 2 is 1.52 bits per heavy atom. The first-order chi connectivity index (χ1) is 14.1. The summed E-state index contributed by atoms with van der Waals surface area (Å²) in [6.45, 7) is 0. The van der Waals surface area contributed by atoms with Crippen molar-refractivity contribution in [2.75, 3.05) is 12.0 Å². The van der Waals surface area contributed by atoms with Crippen LogP contribution in [-0.4, -0.2) is 29.1 Å². The Hall–Kier alpha value is -3.09. The second kappa shape index (κ2) is 8.11. The van der Waals surface area contributed by atoms with Crippen LogP contribution in [0, 0.1) is 0 Å². The number of rotatable bonds is 4. The Morgan fingerprint density at radius 3 is 2.10 bits per heavy atom. The van der Waals surface area contributed by atoms with Crippen molar-refractivity contribution < 1.29 is 14.6 Å². The number of methoxy groups -OCH3 is 1. The molecule has 3 aromatic carbocycles. The molecule has 4 rings (SSSR count). The van der Waals surface area contributed by atoms with Crippen molar-refractivity contribution in [1.29, 1.82) is 0 Å². The molecule has 146 valence electrons. The first kappa shape index (κ1) is 19.2. The lowest BCUT2D eigenvalue weighted by atomic mass is 9.99. The van der Waals surface area contributed by atoms with Crippen LogP contribution < -0.4 is 4.90 Å². The van der Waals surface area contributed by atoms with Gasteiger partial charge in [-0.15, -0.1) is 0 Å². The highest BCUT2D eigenvalue weighted by Gasteiger charge is 2.59. The monoisotopic (exact) mass is 404 g/mol. The minimum atomic E-state index is -1.95. The smallest absolute Gasteiger partial charge is 0.361 e. The number of ether oxygens (including phenoxy) is 1. The molecule has 1 N–H and O–H groups in total. The minimum Gasteiger partial charge on any atom is -0.465 e. The van der Waals surface area contributed by atoms with Gasteiger partial charge >= 0.3 is 5.97 Å². The average Bonchev–Trinajstić information content (AvgIpc) is 3.08. The molecule has 2 unspecified atom stereocenters. The number of nitrogens with zero attached hydrogens (tertiary/aromatic N) is 2. The van der Waals surface area contributed by atoms with Crippen molar-refractivity contribution in [2.24, 2.45) is 4.99 Å². The van der Waals surface area contributed by atoms with E-state index in [-0.39, 0.29) is 0 Å². The lowest BCUT2D eigenvalue weighted by Gasteiger charge is -2.34. The number of aliphatic imine (C=N–C) groups is 1. The van der Waals surface area contributed by atoms with Crippen molar-refractivity contribution in [3.63, 3.8) is 0 Å². The highest BCUT2D eigenvalue weighted by atomic mass is 32.2. The molecule has 0 spiro atoms. The van der Waals surface area contributed by atoms with Crippen molar-refractivity contribution in [3.8, 4) is 0 Å². The van der Waals surface area contributed by atoms with Gasteiger partial charge in [-0.1, -0.05) is 78.5 Å². The number of benzene rings is 3. The number of carbonyl (C=O) groups is 1. The average molecular weight is 404 g/mol. The number of esters is 1. The van der Waals surface area contributed by atoms with Gasteiger partial charge in [-0.25, -0.2) is 9.79 Å². The molecule has 1 aliphatic heterocycles. The quantitative estimate of drug-likeness (QED) is 0.648. The number of para-hydroxylation sites is 2. The standard InChI is InChI=1S/C23H20N2O3S/c1-28-21(26)23(27)20(17-11-5-2-6-12-17)29-22(24-18-13-7-3-8-14-18)25(23)19-15-9-4-10-16-19/h2-16,20,27H,1H3. The van der Waals surface area contributed by atoms with E-state index >= 15 is 0 Å². The zero-order valence-electron chi connectivity index (χ0n) is 15.8. The summed E-state index contributed by atoms with van der Waals surface area (Å²) in [5, 5.41) is 11.7. The summed E-state index contributed by atoms with van der Waals surface area (Å²) in [5.74, 6) is -0.735. The highest BCUT2D eigenvalue weighted by Crippen LogP contribution is 2.51. The molecular formula is C23H20N2O3S. The molecule has 1 heterocycles. The number of carbonyl (C=O) groups excluding carboxylic acids is 1. The summed E-state index contributed by atoms with van der Waals surface area (Å²) in [6.07, 6.45) is 0. The Morgan fingerprint density at radius 1 is 0.966 bits per heavy atom. The molecule has 3 aromatic rings. The van der Waals surface area contributed by atoms with Gasteiger partial charge in [0.1, 0.15) is 0 Å². The zero-order valence-corrected chi connectivity index (χ0v) is 16.6. The van der Waals surface area contributed by atoms with E-state index in [9.17, 15) is 9.90 Å². The minimum absolute atomic E-state index is 0.518. The van der Waals surface area contributed by atoms with Gasteiger partial charge in [0.15, 0.2) is 5.17 Å². The van der Waals surface area contributed by atoms with Crippen molar-refractivity contribution in [3.05, 3.63) is 96.6 Å². The summed E-state index contributed by atoms with van der Waals surface area (Å²) < 4.78 is 5.04. The number of thioether (sulfide) groups is 1. The lowest BCUT2D eigenvalue weighted by Crippen LogP contribution is -2.55. The fraction of sp³-hybridized carbons (Fsp3) is 0.130. The third-order valence-electron chi connectivity index (χ3n) is 4.70. The summed E-state index contributed by atoms with van der Waals surface area (Å²) in [5.41, 5.74) is 0.248. The molecule has 29 heavy (non-hydrogen) atoms. The molecule has 0 aliphatic carbocycles. The van der Waals surface area contributed by atoms with E-state index in [0.717, 1.165) is 11.3 Å². The van der Waals surface area contributed by atoms with Gasteiger partial charge in [-0.2, -0.15) is 0 Å². The van der Waals surface area contributed by atoms with Gasteiger partial charge in [-0.05, 0) is 29.8 Å². The molecule has 0 aromatic heterocycles. The van der Waals surface area contributed by atoms with Gasteiger partial charge in [0.2, 0.25) is 0 Å². The molecule has 2 atom stereocenters. The highest BCUT2D eigenvalue weighted by molar-refractivity contribution is 8.15. The predicted molar refractivity (Wildman–Crippen MR) is 116 cm³/mol. The van der Waals surface area contributed by atoms with E-state index < -0.39 is 16.9 Å². The van der Waals surface area contributed by atoms with E-state index in [4.69, 9.17) is 9.73 Å². The van der Waals surface area contributed by atoms with Crippen LogP contribution in [0.25, 0.3) is 0 Å². The first-order valence-corrected chi connectivity index (χ1v) is 10.0. The fourth-order valence-corrected chi connectivity index (χ4v) is 4.73. The topological polar surface area (TPSA) is 62.1 Å². The summed E-state index contributed by atoms with van der Waals surface area (Å²) in [6, 6.07) is 28.2. The van der Waals surface area contributed by atoms with Crippen molar-refractivity contribution in [2.45, 2.75) is 11.0 Å². The van der Waals surface area contributed by atoms with Crippen LogP contribution in [0.2, 0.25) is 0 Å². The molecule has 1 aliphatic rings. The van der Waals surface area contributed by atoms with Crippen LogP contribution in [0.1, 0.15) is 10.8 Å². The van der Waals surface area contributed by atoms with E-state index in [1.165, 1.54) is 18.9 Å². The van der Waals surface area contributed by atoms with Crippen LogP contribution in [0.3, 0.4) is 0 Å². The maximum Gasteiger partial charge on any atom is 0.361 e. The predicted octanol–water partition coefficient (Wildman–Crippen LogP) is 4.53. The molecule has 0 saturated carbocycles. The number of amidine groups is 1. The molecule has 0 bridgehead atoms. The van der Waals surface area contributed by atoms with Gasteiger partial charge in [0, 0.05) is 5.69 Å². The Labute approximate surface area is 173 Å². The Balaban J connectivity index is 1.91. The van der Waals surface area contributed by atoms with Gasteiger partial charge in [0.05, 0.1) is 18.0 Å². The summed E-state index contributed by atoms with van der Waals surface area (Å²) in [4.78, 5) is 19.2. The van der Waals surface area contributed by atoms with Crippen molar-refractivity contribution >= 4 is 34.3 Å². The Bertz CT molecular complexity index is 1010. The van der Waals surface area contributed by atoms with Crippen molar-refractivity contribution in [1.82, 2.24) is 0 Å². The van der Waals surface area contributed by atoms with Crippen LogP contribution >= 0.6 is 11.8 Å². The molecule has 6 heteroatoms. The lowest BCUT2D eigenvalue weighted by molar-refractivity contribution is -0.161. The normalized spacial score (nSPS) is 22.6. The van der Waals surface area contributed by atoms with E-state index in [1.807, 2.05) is 91.0 Å². The SMILES string of the molecule is COC(=O)C1(O)C(c2ccccc2)SC(=Nc2ccccc2)N1c1ccccc1. The number of hydrogen-bond donors (Lipinski definition) is 1. The van der Waals surface area contributed by atoms with Gasteiger partial charge < -0.3 is 9.84 Å². The maximum absolute atomic E-state index is 12.9. The van der Waals surface area contributed by atoms with E-state index in [1.54, 1.807) is 4.90 Å². The largest absolute Gasteiger partial charge is 0.465 e. The van der Waals surface area contributed by atoms with Crippen LogP contribution in [0.4, 0.5) is 11.4 Å². The molecular weight excluding hydrogens is 384 g/mol. The molecule has 0 radical (unpaired) electrons. The molecule has 5 nitrogen and oxygen atoms in total. The molecule has 0 amide bonds. The fourth-order valence-electron chi connectivity index (χ4n) is 3.35. The molecule has 1 saturated heterocycles. The summed E-state index contributed by atoms with van der Waals surface area (Å²) in [7, 11) is 1.28. The maximum atomic E-state index is 12.9. The second-order valence-corrected chi connectivity index (χ2v) is 7.60. The van der Waals surface area contributed by atoms with Gasteiger partial charge in [-0.3, -0.25) is 4.90 Å². The number of aliphatic hydroxyl groups is 1. The van der Waals surface area contributed by atoms with E-state index in [0.29, 0.717) is 10.9 Å². The van der Waals surface area contributed by atoms with E-state index in [2.05, 4.69) is 0 Å². The van der Waals surface area contributed by atoms with Crippen LogP contribution in [0.5, 0.6) is 0 Å². The van der Waals surface area contributed by atoms with Crippen LogP contribution in [0.15, 0.2) is 96.0 Å². The first-order valence-electron chi connectivity index (χ1n) is 9.16. The third kappa shape index (κ3) is 3.52. The number of anilines is 1. The summed E-state index contributed by atoms with van der Waals surface area (Å²) >= 11 is 1.34. The zero-order chi connectivity index (χ0) is 20.3.